The zero-order valence-corrected chi connectivity index (χ0v) is 19.5. The maximum atomic E-state index is 13.3. The lowest BCUT2D eigenvalue weighted by atomic mass is 9.97. The van der Waals surface area contributed by atoms with Gasteiger partial charge in [-0.25, -0.2) is 0 Å². The number of carbonyl (C=O) groups excluding carboxylic acids is 1. The molecule has 1 saturated heterocycles. The Labute approximate surface area is 173 Å². The van der Waals surface area contributed by atoms with Crippen LogP contribution in [0, 0.1) is 5.41 Å². The largest absolute Gasteiger partial charge is 0.426 e. The summed E-state index contributed by atoms with van der Waals surface area (Å²) >= 11 is 1.36. The molecule has 0 radical (unpaired) electrons. The Hall–Kier alpha value is -0.810. The van der Waals surface area contributed by atoms with Gasteiger partial charge in [0, 0.05) is 11.4 Å². The van der Waals surface area contributed by atoms with E-state index in [1.165, 1.54) is 11.4 Å². The van der Waals surface area contributed by atoms with Gasteiger partial charge in [0.25, 0.3) is 6.57 Å². The molecular formula is C21H33O5PS. The molecule has 5 nitrogen and oxygen atoms in total. The van der Waals surface area contributed by atoms with Crippen molar-refractivity contribution in [1.82, 2.24) is 0 Å². The molecule has 2 rings (SSSR count). The first-order valence-electron chi connectivity index (χ1n) is 9.85. The standard InChI is InChI=1S/C21H33O5PS/c1-15(2)27(23,24-13-19-10-7-16(3)25-19)28-14-17-8-11-18(12-9-17)26-20(22)21(4,5)6/h8-9,11-12,15-16,19H,7,10,13-14H2,1-6H3. The second-order valence-electron chi connectivity index (χ2n) is 8.63. The first-order chi connectivity index (χ1) is 13.0. The molecule has 7 heteroatoms. The second-order valence-corrected chi connectivity index (χ2v) is 13.9. The molecule has 0 bridgehead atoms. The molecule has 1 aliphatic rings. The summed E-state index contributed by atoms with van der Waals surface area (Å²) < 4.78 is 30.3. The number of carbonyl (C=O) groups is 1. The van der Waals surface area contributed by atoms with Gasteiger partial charge in [0.2, 0.25) is 0 Å². The van der Waals surface area contributed by atoms with Crippen LogP contribution in [0.3, 0.4) is 0 Å². The normalized spacial score (nSPS) is 22.2. The van der Waals surface area contributed by atoms with E-state index in [4.69, 9.17) is 14.0 Å². The molecule has 158 valence electrons. The minimum Gasteiger partial charge on any atom is -0.426 e. The fourth-order valence-electron chi connectivity index (χ4n) is 2.61. The summed E-state index contributed by atoms with van der Waals surface area (Å²) in [6.07, 6.45) is 2.28. The van der Waals surface area contributed by atoms with Crippen molar-refractivity contribution in [1.29, 1.82) is 0 Å². The average molecular weight is 429 g/mol. The lowest BCUT2D eigenvalue weighted by molar-refractivity contribution is -0.143. The predicted molar refractivity (Wildman–Crippen MR) is 115 cm³/mol. The van der Waals surface area contributed by atoms with Crippen molar-refractivity contribution in [3.63, 3.8) is 0 Å². The third-order valence-corrected chi connectivity index (χ3v) is 10.2. The Morgan fingerprint density at radius 3 is 2.39 bits per heavy atom. The van der Waals surface area contributed by atoms with E-state index in [-0.39, 0.29) is 23.8 Å². The molecule has 3 atom stereocenters. The van der Waals surface area contributed by atoms with Gasteiger partial charge >= 0.3 is 5.97 Å². The number of ether oxygens (including phenoxy) is 2. The first-order valence-corrected chi connectivity index (χ1v) is 13.1. The summed E-state index contributed by atoms with van der Waals surface area (Å²) in [5, 5.41) is 0. The van der Waals surface area contributed by atoms with Gasteiger partial charge in [0.1, 0.15) is 5.75 Å². The summed E-state index contributed by atoms with van der Waals surface area (Å²) in [6.45, 7) is 8.93. The van der Waals surface area contributed by atoms with Gasteiger partial charge in [-0.2, -0.15) is 0 Å². The van der Waals surface area contributed by atoms with Crippen LogP contribution in [0.15, 0.2) is 24.3 Å². The van der Waals surface area contributed by atoms with Crippen LogP contribution < -0.4 is 4.74 Å². The van der Waals surface area contributed by atoms with Crippen LogP contribution in [-0.2, 0) is 24.4 Å². The van der Waals surface area contributed by atoms with Crippen molar-refractivity contribution in [3.05, 3.63) is 29.8 Å². The van der Waals surface area contributed by atoms with E-state index >= 15 is 0 Å². The van der Waals surface area contributed by atoms with E-state index < -0.39 is 12.0 Å². The highest BCUT2D eigenvalue weighted by molar-refractivity contribution is 8.56. The Morgan fingerprint density at radius 2 is 1.89 bits per heavy atom. The molecule has 0 N–H and O–H groups in total. The summed E-state index contributed by atoms with van der Waals surface area (Å²) in [7, 11) is 0. The molecule has 1 heterocycles. The SMILES string of the molecule is CC1CCC(COP(=O)(SCc2ccc(OC(=O)C(C)(C)C)cc2)C(C)C)O1. The van der Waals surface area contributed by atoms with E-state index in [1.807, 2.05) is 46.8 Å². The lowest BCUT2D eigenvalue weighted by Crippen LogP contribution is -2.25. The van der Waals surface area contributed by atoms with Gasteiger partial charge in [-0.3, -0.25) is 9.36 Å². The van der Waals surface area contributed by atoms with Crippen molar-refractivity contribution < 1.29 is 23.4 Å². The molecule has 3 unspecified atom stereocenters. The quantitative estimate of drug-likeness (QED) is 0.285. The molecule has 0 amide bonds. The highest BCUT2D eigenvalue weighted by atomic mass is 32.7. The van der Waals surface area contributed by atoms with Crippen molar-refractivity contribution in [2.45, 2.75) is 78.0 Å². The number of hydrogen-bond donors (Lipinski definition) is 0. The van der Waals surface area contributed by atoms with Gasteiger partial charge in [-0.05, 0) is 58.2 Å². The zero-order chi connectivity index (χ0) is 20.9. The van der Waals surface area contributed by atoms with Gasteiger partial charge in [-0.15, -0.1) is 0 Å². The van der Waals surface area contributed by atoms with Crippen LogP contribution >= 0.6 is 18.0 Å². The molecule has 0 aliphatic carbocycles. The molecule has 1 aromatic rings. The van der Waals surface area contributed by atoms with Crippen molar-refractivity contribution in [2.24, 2.45) is 5.41 Å². The zero-order valence-electron chi connectivity index (χ0n) is 17.8. The number of esters is 1. The van der Waals surface area contributed by atoms with E-state index in [1.54, 1.807) is 12.1 Å². The van der Waals surface area contributed by atoms with Crippen molar-refractivity contribution >= 4 is 23.9 Å². The molecule has 0 aromatic heterocycles. The van der Waals surface area contributed by atoms with Gasteiger partial charge < -0.3 is 14.0 Å². The topological polar surface area (TPSA) is 61.8 Å². The summed E-state index contributed by atoms with van der Waals surface area (Å²) in [5.41, 5.74) is 0.399. The third-order valence-electron chi connectivity index (χ3n) is 4.55. The molecule has 0 spiro atoms. The minimum absolute atomic E-state index is 0.0412. The van der Waals surface area contributed by atoms with Crippen LogP contribution in [0.25, 0.3) is 0 Å². The Kier molecular flexibility index (Phi) is 8.21. The van der Waals surface area contributed by atoms with Gasteiger partial charge in [0.05, 0.1) is 24.2 Å². The van der Waals surface area contributed by atoms with Crippen LogP contribution in [0.5, 0.6) is 5.75 Å². The monoisotopic (exact) mass is 428 g/mol. The average Bonchev–Trinajstić information content (AvgIpc) is 3.04. The highest BCUT2D eigenvalue weighted by Crippen LogP contribution is 2.64. The minimum atomic E-state index is -2.83. The van der Waals surface area contributed by atoms with Crippen LogP contribution in [0.1, 0.15) is 59.9 Å². The molecule has 1 fully saturated rings. The smallest absolute Gasteiger partial charge is 0.316 e. The fourth-order valence-corrected chi connectivity index (χ4v) is 6.46. The highest BCUT2D eigenvalue weighted by Gasteiger charge is 2.32. The molecule has 1 aliphatic heterocycles. The molecule has 28 heavy (non-hydrogen) atoms. The van der Waals surface area contributed by atoms with Crippen LogP contribution in [0.4, 0.5) is 0 Å². The molecule has 0 saturated carbocycles. The molecular weight excluding hydrogens is 395 g/mol. The van der Waals surface area contributed by atoms with Crippen molar-refractivity contribution in [3.8, 4) is 5.75 Å². The molecule has 1 aromatic carbocycles. The Bertz CT molecular complexity index is 696. The number of rotatable bonds is 8. The Balaban J connectivity index is 1.90. The van der Waals surface area contributed by atoms with E-state index in [2.05, 4.69) is 6.92 Å². The summed E-state index contributed by atoms with van der Waals surface area (Å²) in [5.74, 6) is 0.825. The van der Waals surface area contributed by atoms with Crippen LogP contribution in [0.2, 0.25) is 0 Å². The maximum absolute atomic E-state index is 13.3. The predicted octanol–water partition coefficient (Wildman–Crippen LogP) is 6.06. The second kappa shape index (κ2) is 9.80. The maximum Gasteiger partial charge on any atom is 0.316 e. The van der Waals surface area contributed by atoms with Gasteiger partial charge in [-0.1, -0.05) is 37.4 Å². The lowest BCUT2D eigenvalue weighted by Gasteiger charge is -2.23. The van der Waals surface area contributed by atoms with Crippen LogP contribution in [-0.4, -0.2) is 30.4 Å². The van der Waals surface area contributed by atoms with E-state index in [0.717, 1.165) is 18.4 Å². The van der Waals surface area contributed by atoms with E-state index in [0.29, 0.717) is 18.1 Å². The summed E-state index contributed by atoms with van der Waals surface area (Å²) in [4.78, 5) is 12.0. The first kappa shape index (κ1) is 23.5. The Morgan fingerprint density at radius 1 is 1.25 bits per heavy atom. The van der Waals surface area contributed by atoms with E-state index in [9.17, 15) is 9.36 Å². The van der Waals surface area contributed by atoms with Crippen molar-refractivity contribution in [2.75, 3.05) is 6.61 Å². The number of benzene rings is 1. The number of hydrogen-bond acceptors (Lipinski definition) is 6. The summed E-state index contributed by atoms with van der Waals surface area (Å²) in [6, 6.07) is 7.33. The fraction of sp³-hybridized carbons (Fsp3) is 0.667. The van der Waals surface area contributed by atoms with Gasteiger partial charge in [0.15, 0.2) is 0 Å². The third kappa shape index (κ3) is 6.91.